The minimum atomic E-state index is -1.30. The Balaban J connectivity index is 0. The fraction of sp³-hybridized carbons (Fsp3) is 0.765. The molecule has 3 unspecified atom stereocenters. The second-order valence-corrected chi connectivity index (χ2v) is 5.96. The number of unbranched alkanes of at least 4 members (excludes halogenated alkanes) is 4. The quantitative estimate of drug-likeness (QED) is 0.127. The number of hydrogen-bond acceptors (Lipinski definition) is 4. The number of aliphatic hydroxyl groups is 1. The zero-order valence-electron chi connectivity index (χ0n) is 15.4. The van der Waals surface area contributed by atoms with Gasteiger partial charge >= 0.3 is 35.5 Å². The first kappa shape index (κ1) is 25.8. The van der Waals surface area contributed by atoms with Crippen molar-refractivity contribution >= 4 is 11.9 Å². The summed E-state index contributed by atoms with van der Waals surface area (Å²) in [7, 11) is 0. The molecule has 6 nitrogen and oxygen atoms in total. The summed E-state index contributed by atoms with van der Waals surface area (Å²) in [6.07, 6.45) is 6.80. The van der Waals surface area contributed by atoms with Crippen molar-refractivity contribution in [2.45, 2.75) is 70.9 Å². The van der Waals surface area contributed by atoms with E-state index in [1.54, 1.807) is 13.8 Å². The molecule has 0 spiro atoms. The Labute approximate surface area is 167 Å². The average Bonchev–Trinajstić information content (AvgIpc) is 2.50. The Hall–Kier alpha value is -0.400. The molecule has 0 aromatic carbocycles. The van der Waals surface area contributed by atoms with Crippen molar-refractivity contribution in [3.63, 3.8) is 0 Å². The number of carbonyl (C=O) groups is 2. The Morgan fingerprint density at radius 2 is 1.67 bits per heavy atom. The molecule has 24 heavy (non-hydrogen) atoms. The smallest absolute Gasteiger partial charge is 0.544 e. The summed E-state index contributed by atoms with van der Waals surface area (Å²) < 4.78 is -0.355. The van der Waals surface area contributed by atoms with Crippen LogP contribution in [0.15, 0.2) is 12.7 Å². The number of hydrogen-bond donors (Lipinski definition) is 2. The van der Waals surface area contributed by atoms with Crippen LogP contribution in [0.2, 0.25) is 0 Å². The SMILES string of the molecule is C=CCCCCCC[N+](CO)(C(CC)C(=O)[O-])C(CC)C(=O)O.[Na+]. The number of nitrogens with zero attached hydrogens (tertiary/aromatic N) is 1. The van der Waals surface area contributed by atoms with Crippen LogP contribution >= 0.6 is 0 Å². The van der Waals surface area contributed by atoms with Gasteiger partial charge in [0.1, 0.15) is 6.04 Å². The summed E-state index contributed by atoms with van der Waals surface area (Å²) in [5.74, 6) is -2.37. The molecule has 0 aliphatic rings. The molecule has 0 fully saturated rings. The van der Waals surface area contributed by atoms with Crippen molar-refractivity contribution in [1.29, 1.82) is 0 Å². The fourth-order valence-corrected chi connectivity index (χ4v) is 3.34. The summed E-state index contributed by atoms with van der Waals surface area (Å²) >= 11 is 0. The molecule has 0 aliphatic carbocycles. The molecule has 0 aliphatic heterocycles. The Morgan fingerprint density at radius 1 is 1.12 bits per heavy atom. The van der Waals surface area contributed by atoms with Crippen LogP contribution in [0.5, 0.6) is 0 Å². The first-order valence-corrected chi connectivity index (χ1v) is 8.43. The van der Waals surface area contributed by atoms with Gasteiger partial charge in [-0.1, -0.05) is 26.3 Å². The third-order valence-corrected chi connectivity index (χ3v) is 4.57. The van der Waals surface area contributed by atoms with Gasteiger partial charge in [0.15, 0.2) is 12.8 Å². The van der Waals surface area contributed by atoms with E-state index in [9.17, 15) is 24.9 Å². The molecule has 0 heterocycles. The van der Waals surface area contributed by atoms with E-state index in [0.29, 0.717) is 13.0 Å². The van der Waals surface area contributed by atoms with Gasteiger partial charge in [-0.25, -0.2) is 4.79 Å². The number of allylic oxidation sites excluding steroid dienone is 1. The van der Waals surface area contributed by atoms with Crippen LogP contribution in [-0.4, -0.2) is 52.0 Å². The van der Waals surface area contributed by atoms with Crippen molar-refractivity contribution in [1.82, 2.24) is 0 Å². The van der Waals surface area contributed by atoms with Gasteiger partial charge in [-0.15, -0.1) is 6.58 Å². The summed E-state index contributed by atoms with van der Waals surface area (Å²) in [4.78, 5) is 23.1. The maximum absolute atomic E-state index is 11.6. The van der Waals surface area contributed by atoms with E-state index < -0.39 is 30.8 Å². The fourth-order valence-electron chi connectivity index (χ4n) is 3.34. The number of aliphatic carboxylic acids is 2. The molecular weight excluding hydrogens is 321 g/mol. The predicted molar refractivity (Wildman–Crippen MR) is 86.3 cm³/mol. The topological polar surface area (TPSA) is 97.7 Å². The first-order chi connectivity index (χ1) is 10.9. The molecule has 7 heteroatoms. The van der Waals surface area contributed by atoms with Crippen LogP contribution in [-0.2, 0) is 9.59 Å². The van der Waals surface area contributed by atoms with Gasteiger partial charge in [0, 0.05) is 12.8 Å². The third-order valence-electron chi connectivity index (χ3n) is 4.57. The summed E-state index contributed by atoms with van der Waals surface area (Å²) in [5.41, 5.74) is 0. The monoisotopic (exact) mass is 352 g/mol. The zero-order valence-corrected chi connectivity index (χ0v) is 17.4. The summed E-state index contributed by atoms with van der Waals surface area (Å²) in [6, 6.07) is -1.97. The molecule has 0 bridgehead atoms. The Morgan fingerprint density at radius 3 is 2.04 bits per heavy atom. The van der Waals surface area contributed by atoms with Crippen molar-refractivity contribution in [2.24, 2.45) is 0 Å². The predicted octanol–water partition coefficient (Wildman–Crippen LogP) is -1.71. The summed E-state index contributed by atoms with van der Waals surface area (Å²) in [6.45, 7) is 6.86. The standard InChI is InChI=1S/C17H31NO5.Na/c1-4-7-8-9-10-11-12-18(13-19,14(5-2)16(20)21)15(6-3)17(22)23;/h4,14-15,19H,1,5-13H2,2-3H3,(H-,20,21,22,23);/q;+1. The van der Waals surface area contributed by atoms with Crippen molar-refractivity contribution in [2.75, 3.05) is 13.3 Å². The first-order valence-electron chi connectivity index (χ1n) is 8.43. The van der Waals surface area contributed by atoms with Gasteiger partial charge in [-0.3, -0.25) is 4.48 Å². The van der Waals surface area contributed by atoms with Gasteiger partial charge in [0.25, 0.3) is 0 Å². The second kappa shape index (κ2) is 13.8. The minimum Gasteiger partial charge on any atom is -0.544 e. The maximum Gasteiger partial charge on any atom is 1.00 e. The normalized spacial score (nSPS) is 15.6. The van der Waals surface area contributed by atoms with Gasteiger partial charge in [0.05, 0.1) is 12.5 Å². The number of carboxylic acid groups (broad SMARTS) is 2. The van der Waals surface area contributed by atoms with Crippen LogP contribution in [0.4, 0.5) is 0 Å². The van der Waals surface area contributed by atoms with Gasteiger partial charge in [-0.05, 0) is 25.7 Å². The van der Waals surface area contributed by atoms with Gasteiger partial charge < -0.3 is 20.1 Å². The number of quaternary nitrogens is 1. The molecule has 0 radical (unpaired) electrons. The summed E-state index contributed by atoms with van der Waals surface area (Å²) in [5, 5.41) is 30.9. The van der Waals surface area contributed by atoms with E-state index in [1.807, 2.05) is 6.08 Å². The van der Waals surface area contributed by atoms with Crippen LogP contribution in [0.3, 0.4) is 0 Å². The van der Waals surface area contributed by atoms with Crippen molar-refractivity contribution in [3.8, 4) is 0 Å². The Kier molecular flexibility index (Phi) is 14.9. The third kappa shape index (κ3) is 7.23. The molecule has 0 rings (SSSR count). The van der Waals surface area contributed by atoms with Crippen molar-refractivity contribution < 1.29 is 58.9 Å². The van der Waals surface area contributed by atoms with E-state index >= 15 is 0 Å². The molecule has 134 valence electrons. The number of rotatable bonds is 14. The molecule has 0 saturated heterocycles. The van der Waals surface area contributed by atoms with E-state index in [1.165, 1.54) is 0 Å². The molecule has 3 atom stereocenters. The van der Waals surface area contributed by atoms with E-state index in [4.69, 9.17) is 0 Å². The molecule has 0 saturated carbocycles. The molecule has 0 aromatic heterocycles. The average molecular weight is 352 g/mol. The molecular formula is C17H31NNaO5+. The largest absolute Gasteiger partial charge is 1.00 e. The number of carboxylic acids is 2. The minimum absolute atomic E-state index is 0. The van der Waals surface area contributed by atoms with Crippen LogP contribution in [0.25, 0.3) is 0 Å². The van der Waals surface area contributed by atoms with E-state index in [2.05, 4.69) is 6.58 Å². The van der Waals surface area contributed by atoms with Gasteiger partial charge in [0.2, 0.25) is 0 Å². The van der Waals surface area contributed by atoms with Gasteiger partial charge in [-0.2, -0.15) is 0 Å². The van der Waals surface area contributed by atoms with Crippen LogP contribution in [0, 0.1) is 0 Å². The second-order valence-electron chi connectivity index (χ2n) is 5.96. The van der Waals surface area contributed by atoms with E-state index in [-0.39, 0.29) is 46.9 Å². The number of carbonyl (C=O) groups excluding carboxylic acids is 1. The van der Waals surface area contributed by atoms with Crippen LogP contribution < -0.4 is 34.7 Å². The Bertz CT molecular complexity index is 367. The van der Waals surface area contributed by atoms with E-state index in [0.717, 1.165) is 25.7 Å². The zero-order chi connectivity index (χ0) is 17.9. The molecule has 2 N–H and O–H groups in total. The molecule has 0 aromatic rings. The maximum atomic E-state index is 11.6. The molecule has 0 amide bonds. The van der Waals surface area contributed by atoms with Crippen molar-refractivity contribution in [3.05, 3.63) is 12.7 Å². The number of aliphatic hydroxyl groups excluding tert-OH is 1. The van der Waals surface area contributed by atoms with Crippen LogP contribution in [0.1, 0.15) is 58.8 Å².